The first-order chi connectivity index (χ1) is 8.69. The molecule has 1 aliphatic carbocycles. The van der Waals surface area contributed by atoms with Crippen LogP contribution < -0.4 is 10.8 Å². The summed E-state index contributed by atoms with van der Waals surface area (Å²) in [5.41, 5.74) is 2.44. The van der Waals surface area contributed by atoms with Gasteiger partial charge in [-0.2, -0.15) is 0 Å². The summed E-state index contributed by atoms with van der Waals surface area (Å²) >= 11 is 0. The summed E-state index contributed by atoms with van der Waals surface area (Å²) in [5, 5.41) is 3.09. The van der Waals surface area contributed by atoms with Crippen molar-refractivity contribution in [3.05, 3.63) is 29.8 Å². The number of aliphatic imine (C=N–C) groups is 1. The molecule has 1 heterocycles. The molecule has 1 aromatic rings. The first kappa shape index (κ1) is 11.5. The number of hydrogen-bond donors (Lipinski definition) is 1. The smallest absolute Gasteiger partial charge is 0.272 e. The lowest BCUT2D eigenvalue weighted by Gasteiger charge is -2.30. The second-order valence-electron chi connectivity index (χ2n) is 5.37. The Labute approximate surface area is 108 Å². The monoisotopic (exact) mass is 240 g/mol. The summed E-state index contributed by atoms with van der Waals surface area (Å²) in [6.07, 6.45) is 5.53. The molecule has 0 atom stereocenters. The minimum Gasteiger partial charge on any atom is -0.326 e. The number of nitrogens with one attached hydrogen (secondary N) is 1. The molecule has 1 N–H and O–H groups in total. The van der Waals surface area contributed by atoms with Crippen LogP contribution >= 0.6 is 0 Å². The van der Waals surface area contributed by atoms with Crippen LogP contribution in [0.5, 0.6) is 0 Å². The molecule has 0 saturated heterocycles. The molecule has 18 heavy (non-hydrogen) atoms. The van der Waals surface area contributed by atoms with Gasteiger partial charge in [0.1, 0.15) is 19.2 Å². The van der Waals surface area contributed by atoms with Crippen LogP contribution in [0.2, 0.25) is 0 Å². The fraction of sp³-hybridized carbons (Fsp3) is 0.429. The van der Waals surface area contributed by atoms with Crippen molar-refractivity contribution >= 4 is 24.9 Å². The van der Waals surface area contributed by atoms with E-state index in [-0.39, 0.29) is 11.6 Å². The molecule has 92 valence electrons. The van der Waals surface area contributed by atoms with Gasteiger partial charge in [-0.15, -0.1) is 0 Å². The summed E-state index contributed by atoms with van der Waals surface area (Å²) in [4.78, 5) is 16.8. The molecule has 1 amide bonds. The normalized spacial score (nSPS) is 21.8. The van der Waals surface area contributed by atoms with Crippen LogP contribution in [0.4, 0.5) is 0 Å². The van der Waals surface area contributed by atoms with Crippen LogP contribution in [-0.2, 0) is 4.79 Å². The molecule has 1 saturated carbocycles. The number of benzene rings is 1. The quantitative estimate of drug-likeness (QED) is 0.714. The Morgan fingerprint density at radius 1 is 1.11 bits per heavy atom. The average molecular weight is 240 g/mol. The second-order valence-corrected chi connectivity index (χ2v) is 5.37. The highest BCUT2D eigenvalue weighted by Gasteiger charge is 2.40. The van der Waals surface area contributed by atoms with Crippen molar-refractivity contribution in [2.45, 2.75) is 37.8 Å². The van der Waals surface area contributed by atoms with E-state index in [0.717, 1.165) is 31.2 Å². The van der Waals surface area contributed by atoms with E-state index in [1.165, 1.54) is 11.9 Å². The Morgan fingerprint density at radius 3 is 2.44 bits per heavy atom. The Balaban J connectivity index is 1.93. The zero-order valence-electron chi connectivity index (χ0n) is 10.7. The van der Waals surface area contributed by atoms with Crippen LogP contribution in [0.15, 0.2) is 29.3 Å². The SMILES string of the molecule is Bc1ccc(C2=NC3(CCCCC3)NC2=O)cc1. The molecule has 3 rings (SSSR count). The summed E-state index contributed by atoms with van der Waals surface area (Å²) < 4.78 is 0. The molecule has 1 aromatic carbocycles. The zero-order valence-corrected chi connectivity index (χ0v) is 10.7. The molecule has 4 heteroatoms. The van der Waals surface area contributed by atoms with Crippen molar-refractivity contribution in [3.63, 3.8) is 0 Å². The van der Waals surface area contributed by atoms with Crippen molar-refractivity contribution in [2.75, 3.05) is 0 Å². The van der Waals surface area contributed by atoms with Gasteiger partial charge in [-0.3, -0.25) is 9.79 Å². The molecule has 0 radical (unpaired) electrons. The minimum atomic E-state index is -0.296. The van der Waals surface area contributed by atoms with Gasteiger partial charge in [0.25, 0.3) is 5.91 Å². The first-order valence-corrected chi connectivity index (χ1v) is 6.68. The van der Waals surface area contributed by atoms with Gasteiger partial charge in [-0.1, -0.05) is 36.1 Å². The lowest BCUT2D eigenvalue weighted by Crippen LogP contribution is -2.43. The number of carbonyl (C=O) groups is 1. The van der Waals surface area contributed by atoms with Crippen molar-refractivity contribution in [3.8, 4) is 0 Å². The highest BCUT2D eigenvalue weighted by atomic mass is 16.2. The van der Waals surface area contributed by atoms with Gasteiger partial charge >= 0.3 is 0 Å². The van der Waals surface area contributed by atoms with Gasteiger partial charge < -0.3 is 5.32 Å². The number of rotatable bonds is 1. The third-order valence-electron chi connectivity index (χ3n) is 3.89. The van der Waals surface area contributed by atoms with E-state index in [0.29, 0.717) is 5.71 Å². The molecule has 1 spiro atoms. The predicted molar refractivity (Wildman–Crippen MR) is 75.1 cm³/mol. The molecular weight excluding hydrogens is 223 g/mol. The summed E-state index contributed by atoms with van der Waals surface area (Å²) in [5.74, 6) is -0.0132. The van der Waals surface area contributed by atoms with Crippen LogP contribution in [-0.4, -0.2) is 25.1 Å². The van der Waals surface area contributed by atoms with Gasteiger partial charge in [0.2, 0.25) is 0 Å². The van der Waals surface area contributed by atoms with E-state index in [9.17, 15) is 4.79 Å². The third-order valence-corrected chi connectivity index (χ3v) is 3.89. The maximum Gasteiger partial charge on any atom is 0.272 e. The molecule has 0 unspecified atom stereocenters. The molecule has 3 nitrogen and oxygen atoms in total. The van der Waals surface area contributed by atoms with Crippen molar-refractivity contribution in [1.29, 1.82) is 0 Å². The fourth-order valence-electron chi connectivity index (χ4n) is 2.84. The largest absolute Gasteiger partial charge is 0.326 e. The van der Waals surface area contributed by atoms with Crippen LogP contribution in [0.3, 0.4) is 0 Å². The second kappa shape index (κ2) is 4.27. The van der Waals surface area contributed by atoms with Crippen LogP contribution in [0.1, 0.15) is 37.7 Å². The molecule has 0 aromatic heterocycles. The van der Waals surface area contributed by atoms with Gasteiger partial charge in [0.05, 0.1) is 0 Å². The molecule has 1 aliphatic heterocycles. The number of nitrogens with zero attached hydrogens (tertiary/aromatic N) is 1. The maximum atomic E-state index is 12.1. The highest BCUT2D eigenvalue weighted by Crippen LogP contribution is 2.32. The van der Waals surface area contributed by atoms with E-state index >= 15 is 0 Å². The molecule has 2 aliphatic rings. The molecular formula is C14H17BN2O. The summed E-state index contributed by atoms with van der Waals surface area (Å²) in [6.45, 7) is 0. The number of hydrogen-bond acceptors (Lipinski definition) is 2. The van der Waals surface area contributed by atoms with E-state index in [1.54, 1.807) is 0 Å². The number of carbonyl (C=O) groups excluding carboxylic acids is 1. The Hall–Kier alpha value is -1.58. The Morgan fingerprint density at radius 2 is 1.78 bits per heavy atom. The highest BCUT2D eigenvalue weighted by molar-refractivity contribution is 6.47. The van der Waals surface area contributed by atoms with E-state index < -0.39 is 0 Å². The third kappa shape index (κ3) is 1.96. The van der Waals surface area contributed by atoms with E-state index in [4.69, 9.17) is 4.99 Å². The van der Waals surface area contributed by atoms with Gasteiger partial charge in [-0.25, -0.2) is 0 Å². The van der Waals surface area contributed by atoms with E-state index in [1.807, 2.05) is 32.1 Å². The van der Waals surface area contributed by atoms with Gasteiger partial charge in [0.15, 0.2) is 0 Å². The fourth-order valence-corrected chi connectivity index (χ4v) is 2.84. The molecule has 1 fully saturated rings. The topological polar surface area (TPSA) is 41.5 Å². The van der Waals surface area contributed by atoms with Crippen molar-refractivity contribution in [2.24, 2.45) is 4.99 Å². The predicted octanol–water partition coefficient (Wildman–Crippen LogP) is 0.524. The van der Waals surface area contributed by atoms with Crippen molar-refractivity contribution in [1.82, 2.24) is 5.32 Å². The average Bonchev–Trinajstić information content (AvgIpc) is 2.68. The zero-order chi connectivity index (χ0) is 12.6. The molecule has 0 bridgehead atoms. The summed E-state index contributed by atoms with van der Waals surface area (Å²) in [6, 6.07) is 8.01. The maximum absolute atomic E-state index is 12.1. The van der Waals surface area contributed by atoms with Crippen LogP contribution in [0, 0.1) is 0 Å². The van der Waals surface area contributed by atoms with Gasteiger partial charge in [-0.05, 0) is 25.7 Å². The van der Waals surface area contributed by atoms with Crippen LogP contribution in [0.25, 0.3) is 0 Å². The lowest BCUT2D eigenvalue weighted by atomic mass is 9.90. The standard InChI is InChI=1S/C14H17BN2O/c15-11-6-4-10(5-7-11)12-13(18)17-14(16-12)8-2-1-3-9-14/h4-7H,1-3,8-9,15H2,(H,17,18). The van der Waals surface area contributed by atoms with Gasteiger partial charge in [0, 0.05) is 5.56 Å². The number of amides is 1. The first-order valence-electron chi connectivity index (χ1n) is 6.68. The lowest BCUT2D eigenvalue weighted by molar-refractivity contribution is -0.115. The minimum absolute atomic E-state index is 0.0132. The van der Waals surface area contributed by atoms with E-state index in [2.05, 4.69) is 5.32 Å². The Bertz CT molecular complexity index is 501. The summed E-state index contributed by atoms with van der Waals surface area (Å²) in [7, 11) is 2.04. The van der Waals surface area contributed by atoms with Crippen molar-refractivity contribution < 1.29 is 4.79 Å². The Kier molecular flexibility index (Phi) is 2.73.